The minimum absolute atomic E-state index is 0.520. The Kier molecular flexibility index (Phi) is 9.11. The molecule has 0 atom stereocenters. The number of hydrogen-bond donors (Lipinski definition) is 2. The zero-order valence-electron chi connectivity index (χ0n) is 16.1. The van der Waals surface area contributed by atoms with Crippen molar-refractivity contribution in [3.8, 4) is 0 Å². The molecule has 0 aromatic carbocycles. The van der Waals surface area contributed by atoms with Crippen molar-refractivity contribution in [2.24, 2.45) is 4.99 Å². The molecule has 0 aliphatic carbocycles. The number of likely N-dealkylation sites (N-methyl/N-ethyl adjacent to an activating group) is 1. The molecule has 0 unspecified atom stereocenters. The van der Waals surface area contributed by atoms with Crippen molar-refractivity contribution in [2.75, 3.05) is 51.2 Å². The van der Waals surface area contributed by atoms with Crippen LogP contribution in [0.2, 0.25) is 0 Å². The molecule has 2 rings (SSSR count). The van der Waals surface area contributed by atoms with Crippen LogP contribution < -0.4 is 15.5 Å². The molecule has 0 amide bonds. The van der Waals surface area contributed by atoms with Crippen molar-refractivity contribution in [1.82, 2.24) is 15.5 Å². The smallest absolute Gasteiger partial charge is 0.191 e. The standard InChI is InChI=1S/C19H35N5S/c1-4-6-12-23(3)15-11-21-19(20-5-2)22-17-9-13-24(14-10-17)18-8-7-16-25-18/h7-8,16-17H,4-6,9-15H2,1-3H3,(H2,20,21,22). The van der Waals surface area contributed by atoms with Gasteiger partial charge in [-0.05, 0) is 57.3 Å². The number of rotatable bonds is 9. The van der Waals surface area contributed by atoms with Crippen LogP contribution in [0, 0.1) is 0 Å². The monoisotopic (exact) mass is 365 g/mol. The van der Waals surface area contributed by atoms with Crippen LogP contribution in [-0.2, 0) is 0 Å². The van der Waals surface area contributed by atoms with E-state index >= 15 is 0 Å². The van der Waals surface area contributed by atoms with Gasteiger partial charge in [-0.3, -0.25) is 4.99 Å². The SMILES string of the molecule is CCCCN(C)CCN=C(NCC)NC1CCN(c2cccs2)CC1. The number of piperidine rings is 1. The third-order valence-electron chi connectivity index (χ3n) is 4.64. The first-order valence-electron chi connectivity index (χ1n) is 9.74. The van der Waals surface area contributed by atoms with Gasteiger partial charge in [-0.2, -0.15) is 0 Å². The maximum Gasteiger partial charge on any atom is 0.191 e. The highest BCUT2D eigenvalue weighted by atomic mass is 32.1. The molecule has 1 aromatic rings. The summed E-state index contributed by atoms with van der Waals surface area (Å²) in [5.41, 5.74) is 0. The van der Waals surface area contributed by atoms with Crippen molar-refractivity contribution in [3.05, 3.63) is 17.5 Å². The van der Waals surface area contributed by atoms with Crippen LogP contribution in [0.1, 0.15) is 39.5 Å². The van der Waals surface area contributed by atoms with Crippen molar-refractivity contribution >= 4 is 22.3 Å². The normalized spacial score (nSPS) is 16.5. The summed E-state index contributed by atoms with van der Waals surface area (Å²) >= 11 is 1.84. The number of anilines is 1. The van der Waals surface area contributed by atoms with E-state index in [1.54, 1.807) is 0 Å². The summed E-state index contributed by atoms with van der Waals surface area (Å²) in [6.07, 6.45) is 4.85. The van der Waals surface area contributed by atoms with E-state index in [1.165, 1.54) is 30.7 Å². The van der Waals surface area contributed by atoms with E-state index in [2.05, 4.69) is 58.8 Å². The van der Waals surface area contributed by atoms with Crippen LogP contribution in [0.3, 0.4) is 0 Å². The summed E-state index contributed by atoms with van der Waals surface area (Å²) in [7, 11) is 2.19. The Labute approximate surface area is 157 Å². The molecule has 1 aromatic heterocycles. The predicted molar refractivity (Wildman–Crippen MR) is 111 cm³/mol. The fraction of sp³-hybridized carbons (Fsp3) is 0.737. The molecule has 142 valence electrons. The summed E-state index contributed by atoms with van der Waals surface area (Å²) in [5, 5.41) is 10.6. The molecule has 0 saturated carbocycles. The van der Waals surface area contributed by atoms with Crippen LogP contribution in [0.15, 0.2) is 22.5 Å². The highest BCUT2D eigenvalue weighted by Gasteiger charge is 2.20. The van der Waals surface area contributed by atoms with Gasteiger partial charge in [0.25, 0.3) is 0 Å². The average Bonchev–Trinajstić information content (AvgIpc) is 3.15. The number of nitrogens with zero attached hydrogens (tertiary/aromatic N) is 3. The first-order valence-corrected chi connectivity index (χ1v) is 10.6. The first kappa shape index (κ1) is 20.0. The first-order chi connectivity index (χ1) is 12.2. The second-order valence-electron chi connectivity index (χ2n) is 6.77. The molecule has 6 heteroatoms. The van der Waals surface area contributed by atoms with Gasteiger partial charge in [0.05, 0.1) is 11.5 Å². The van der Waals surface area contributed by atoms with Gasteiger partial charge in [0.2, 0.25) is 0 Å². The summed E-state index contributed by atoms with van der Waals surface area (Å²) in [5.74, 6) is 0.973. The van der Waals surface area contributed by atoms with Gasteiger partial charge in [0, 0.05) is 32.2 Å². The molecule has 2 heterocycles. The number of aliphatic imine (C=N–C) groups is 1. The predicted octanol–water partition coefficient (Wildman–Crippen LogP) is 3.00. The molecular weight excluding hydrogens is 330 g/mol. The van der Waals surface area contributed by atoms with E-state index in [1.807, 2.05) is 11.3 Å². The lowest BCUT2D eigenvalue weighted by Gasteiger charge is -2.33. The van der Waals surface area contributed by atoms with Crippen molar-refractivity contribution in [2.45, 2.75) is 45.6 Å². The minimum atomic E-state index is 0.520. The maximum atomic E-state index is 4.77. The molecule has 1 aliphatic heterocycles. The number of nitrogens with one attached hydrogen (secondary N) is 2. The molecule has 2 N–H and O–H groups in total. The Balaban J connectivity index is 1.74. The van der Waals surface area contributed by atoms with Crippen molar-refractivity contribution in [1.29, 1.82) is 0 Å². The van der Waals surface area contributed by atoms with Crippen LogP contribution in [0.4, 0.5) is 5.00 Å². The Morgan fingerprint density at radius 3 is 2.76 bits per heavy atom. The van der Waals surface area contributed by atoms with Gasteiger partial charge in [0.15, 0.2) is 5.96 Å². The molecule has 0 bridgehead atoms. The highest BCUT2D eigenvalue weighted by Crippen LogP contribution is 2.24. The van der Waals surface area contributed by atoms with Crippen LogP contribution >= 0.6 is 11.3 Å². The Morgan fingerprint density at radius 1 is 1.32 bits per heavy atom. The fourth-order valence-electron chi connectivity index (χ4n) is 3.08. The van der Waals surface area contributed by atoms with Crippen LogP contribution in [0.25, 0.3) is 0 Å². The van der Waals surface area contributed by atoms with E-state index in [9.17, 15) is 0 Å². The van der Waals surface area contributed by atoms with Gasteiger partial charge in [-0.25, -0.2) is 0 Å². The Bertz CT molecular complexity index is 480. The molecular formula is C19H35N5S. The lowest BCUT2D eigenvalue weighted by Crippen LogP contribution is -2.48. The molecule has 0 spiro atoms. The van der Waals surface area contributed by atoms with Gasteiger partial charge < -0.3 is 20.4 Å². The summed E-state index contributed by atoms with van der Waals surface area (Å²) < 4.78 is 0. The zero-order chi connectivity index (χ0) is 17.9. The lowest BCUT2D eigenvalue weighted by molar-refractivity contribution is 0.337. The van der Waals surface area contributed by atoms with E-state index < -0.39 is 0 Å². The van der Waals surface area contributed by atoms with Crippen molar-refractivity contribution < 1.29 is 0 Å². The molecule has 1 fully saturated rings. The number of hydrogen-bond acceptors (Lipinski definition) is 4. The van der Waals surface area contributed by atoms with Gasteiger partial charge in [0.1, 0.15) is 0 Å². The maximum absolute atomic E-state index is 4.77. The largest absolute Gasteiger partial charge is 0.363 e. The van der Waals surface area contributed by atoms with E-state index in [0.29, 0.717) is 6.04 Å². The van der Waals surface area contributed by atoms with Gasteiger partial charge >= 0.3 is 0 Å². The second kappa shape index (κ2) is 11.4. The third kappa shape index (κ3) is 7.24. The molecule has 1 aliphatic rings. The second-order valence-corrected chi connectivity index (χ2v) is 7.70. The Hall–Kier alpha value is -1.27. The number of thiophene rings is 1. The summed E-state index contributed by atoms with van der Waals surface area (Å²) in [6.45, 7) is 10.6. The molecule has 25 heavy (non-hydrogen) atoms. The lowest BCUT2D eigenvalue weighted by atomic mass is 10.1. The summed E-state index contributed by atoms with van der Waals surface area (Å²) in [4.78, 5) is 9.63. The summed E-state index contributed by atoms with van der Waals surface area (Å²) in [6, 6.07) is 4.88. The highest BCUT2D eigenvalue weighted by molar-refractivity contribution is 7.14. The van der Waals surface area contributed by atoms with Crippen LogP contribution in [0.5, 0.6) is 0 Å². The number of unbranched alkanes of at least 4 members (excludes halogenated alkanes) is 1. The van der Waals surface area contributed by atoms with E-state index in [4.69, 9.17) is 4.99 Å². The van der Waals surface area contributed by atoms with Gasteiger partial charge in [-0.15, -0.1) is 11.3 Å². The zero-order valence-corrected chi connectivity index (χ0v) is 16.9. The number of guanidine groups is 1. The van der Waals surface area contributed by atoms with Crippen molar-refractivity contribution in [3.63, 3.8) is 0 Å². The van der Waals surface area contributed by atoms with Gasteiger partial charge in [-0.1, -0.05) is 13.3 Å². The minimum Gasteiger partial charge on any atom is -0.363 e. The third-order valence-corrected chi connectivity index (χ3v) is 5.57. The van der Waals surface area contributed by atoms with E-state index in [-0.39, 0.29) is 0 Å². The van der Waals surface area contributed by atoms with E-state index in [0.717, 1.165) is 45.2 Å². The molecule has 1 saturated heterocycles. The van der Waals surface area contributed by atoms with Crippen LogP contribution in [-0.4, -0.2) is 63.2 Å². The Morgan fingerprint density at radius 2 is 2.12 bits per heavy atom. The molecule has 5 nitrogen and oxygen atoms in total. The molecule has 0 radical (unpaired) electrons. The quantitative estimate of drug-likeness (QED) is 0.521. The fourth-order valence-corrected chi connectivity index (χ4v) is 3.87. The topological polar surface area (TPSA) is 42.9 Å². The average molecular weight is 366 g/mol.